The molecule has 1 unspecified atom stereocenters. The SMILES string of the molecule is CPc1ccc2ccccc2n1. The summed E-state index contributed by atoms with van der Waals surface area (Å²) >= 11 is 0. The predicted molar refractivity (Wildman–Crippen MR) is 55.6 cm³/mol. The lowest BCUT2D eigenvalue weighted by Crippen LogP contribution is -1.98. The molecule has 2 rings (SSSR count). The van der Waals surface area contributed by atoms with E-state index in [0.29, 0.717) is 0 Å². The first-order chi connectivity index (χ1) is 5.90. The van der Waals surface area contributed by atoms with Gasteiger partial charge in [0, 0.05) is 5.39 Å². The summed E-state index contributed by atoms with van der Waals surface area (Å²) in [6.45, 7) is 2.15. The molecule has 1 aromatic heterocycles. The summed E-state index contributed by atoms with van der Waals surface area (Å²) in [5.41, 5.74) is 2.29. The third-order valence-electron chi connectivity index (χ3n) is 1.85. The zero-order valence-electron chi connectivity index (χ0n) is 6.91. The molecule has 0 spiro atoms. The van der Waals surface area contributed by atoms with Crippen LogP contribution in [0.3, 0.4) is 0 Å². The Morgan fingerprint density at radius 1 is 1.08 bits per heavy atom. The van der Waals surface area contributed by atoms with E-state index in [4.69, 9.17) is 0 Å². The standard InChI is InChI=1S/C10H10NP/c1-12-10-7-6-8-4-2-3-5-9(8)11-10/h2-7,12H,1H3. The summed E-state index contributed by atoms with van der Waals surface area (Å²) < 4.78 is 0. The molecule has 0 N–H and O–H groups in total. The summed E-state index contributed by atoms with van der Waals surface area (Å²) in [6.07, 6.45) is 0. The molecule has 2 heteroatoms. The molecule has 0 aliphatic carbocycles. The third kappa shape index (κ3) is 1.33. The van der Waals surface area contributed by atoms with E-state index in [-0.39, 0.29) is 0 Å². The van der Waals surface area contributed by atoms with E-state index in [1.54, 1.807) is 0 Å². The highest BCUT2D eigenvalue weighted by atomic mass is 31.1. The number of pyridine rings is 1. The van der Waals surface area contributed by atoms with Gasteiger partial charge in [-0.25, -0.2) is 4.98 Å². The van der Waals surface area contributed by atoms with Crippen LogP contribution in [0.4, 0.5) is 0 Å². The van der Waals surface area contributed by atoms with Crippen molar-refractivity contribution in [3.8, 4) is 0 Å². The van der Waals surface area contributed by atoms with Crippen LogP contribution in [0.5, 0.6) is 0 Å². The second kappa shape index (κ2) is 3.20. The second-order valence-corrected chi connectivity index (χ2v) is 3.65. The van der Waals surface area contributed by atoms with Crippen molar-refractivity contribution in [2.24, 2.45) is 0 Å². The Bertz CT molecular complexity index is 398. The van der Waals surface area contributed by atoms with Crippen LogP contribution in [-0.4, -0.2) is 11.6 Å². The fourth-order valence-corrected chi connectivity index (χ4v) is 1.69. The first-order valence-electron chi connectivity index (χ1n) is 3.94. The number of rotatable bonds is 1. The molecule has 0 bridgehead atoms. The quantitative estimate of drug-likeness (QED) is 0.605. The molecular weight excluding hydrogens is 165 g/mol. The van der Waals surface area contributed by atoms with Crippen LogP contribution < -0.4 is 5.44 Å². The summed E-state index contributed by atoms with van der Waals surface area (Å²) in [7, 11) is 0.782. The fraction of sp³-hybridized carbons (Fsp3) is 0.100. The van der Waals surface area contributed by atoms with Gasteiger partial charge in [-0.1, -0.05) is 32.8 Å². The van der Waals surface area contributed by atoms with Crippen LogP contribution in [0, 0.1) is 0 Å². The van der Waals surface area contributed by atoms with Crippen LogP contribution in [0.1, 0.15) is 0 Å². The first-order valence-corrected chi connectivity index (χ1v) is 5.44. The maximum Gasteiger partial charge on any atom is 0.0709 e. The Hall–Kier alpha value is -0.940. The van der Waals surface area contributed by atoms with Crippen molar-refractivity contribution < 1.29 is 0 Å². The molecule has 0 aliphatic heterocycles. The highest BCUT2D eigenvalue weighted by Gasteiger charge is 1.93. The molecular formula is C10H10NP. The normalized spacial score (nSPS) is 11.4. The predicted octanol–water partition coefficient (Wildman–Crippen LogP) is 2.17. The van der Waals surface area contributed by atoms with Gasteiger partial charge >= 0.3 is 0 Å². The van der Waals surface area contributed by atoms with E-state index in [9.17, 15) is 0 Å². The van der Waals surface area contributed by atoms with E-state index < -0.39 is 0 Å². The zero-order valence-corrected chi connectivity index (χ0v) is 7.91. The average Bonchev–Trinajstić information content (AvgIpc) is 2.17. The molecule has 0 amide bonds. The van der Waals surface area contributed by atoms with Gasteiger partial charge in [0.1, 0.15) is 0 Å². The second-order valence-electron chi connectivity index (χ2n) is 2.64. The summed E-state index contributed by atoms with van der Waals surface area (Å²) in [5, 5.41) is 1.22. The highest BCUT2D eigenvalue weighted by molar-refractivity contribution is 7.45. The largest absolute Gasteiger partial charge is 0.248 e. The van der Waals surface area contributed by atoms with Crippen LogP contribution >= 0.6 is 8.58 Å². The van der Waals surface area contributed by atoms with E-state index >= 15 is 0 Å². The van der Waals surface area contributed by atoms with E-state index in [1.807, 2.05) is 12.1 Å². The van der Waals surface area contributed by atoms with E-state index in [1.165, 1.54) is 10.8 Å². The number of hydrogen-bond donors (Lipinski definition) is 0. The van der Waals surface area contributed by atoms with Gasteiger partial charge in [-0.05, 0) is 18.8 Å². The molecule has 0 saturated heterocycles. The highest BCUT2D eigenvalue weighted by Crippen LogP contribution is 2.11. The lowest BCUT2D eigenvalue weighted by atomic mass is 10.2. The van der Waals surface area contributed by atoms with E-state index in [2.05, 4.69) is 35.9 Å². The molecule has 1 aromatic carbocycles. The molecule has 0 saturated carbocycles. The summed E-state index contributed by atoms with van der Waals surface area (Å²) in [4.78, 5) is 4.51. The summed E-state index contributed by atoms with van der Waals surface area (Å²) in [6, 6.07) is 12.4. The Balaban J connectivity index is 2.67. The van der Waals surface area contributed by atoms with Crippen molar-refractivity contribution in [1.29, 1.82) is 0 Å². The Labute approximate surface area is 73.6 Å². The van der Waals surface area contributed by atoms with Gasteiger partial charge in [0.15, 0.2) is 0 Å². The van der Waals surface area contributed by atoms with Gasteiger partial charge in [-0.15, -0.1) is 0 Å². The number of hydrogen-bond acceptors (Lipinski definition) is 1. The summed E-state index contributed by atoms with van der Waals surface area (Å²) in [5.74, 6) is 0. The molecule has 2 aromatic rings. The van der Waals surface area contributed by atoms with Crippen molar-refractivity contribution >= 4 is 24.9 Å². The number of benzene rings is 1. The molecule has 0 aliphatic rings. The van der Waals surface area contributed by atoms with Crippen LogP contribution in [0.25, 0.3) is 10.9 Å². The fourth-order valence-electron chi connectivity index (χ4n) is 1.21. The number of nitrogens with zero attached hydrogens (tertiary/aromatic N) is 1. The molecule has 12 heavy (non-hydrogen) atoms. The maximum atomic E-state index is 4.51. The van der Waals surface area contributed by atoms with Crippen molar-refractivity contribution in [2.45, 2.75) is 0 Å². The molecule has 0 radical (unpaired) electrons. The smallest absolute Gasteiger partial charge is 0.0709 e. The maximum absolute atomic E-state index is 4.51. The number of para-hydroxylation sites is 1. The van der Waals surface area contributed by atoms with Crippen LogP contribution in [0.2, 0.25) is 0 Å². The Morgan fingerprint density at radius 3 is 2.75 bits per heavy atom. The lowest BCUT2D eigenvalue weighted by Gasteiger charge is -1.98. The minimum absolute atomic E-state index is 0.782. The Morgan fingerprint density at radius 2 is 1.92 bits per heavy atom. The molecule has 1 atom stereocenters. The first kappa shape index (κ1) is 7.70. The van der Waals surface area contributed by atoms with Crippen molar-refractivity contribution in [3.05, 3.63) is 36.4 Å². The van der Waals surface area contributed by atoms with Crippen molar-refractivity contribution in [2.75, 3.05) is 6.66 Å². The molecule has 1 nitrogen and oxygen atoms in total. The van der Waals surface area contributed by atoms with Gasteiger partial charge in [-0.2, -0.15) is 0 Å². The van der Waals surface area contributed by atoms with Crippen LogP contribution in [-0.2, 0) is 0 Å². The Kier molecular flexibility index (Phi) is 2.05. The lowest BCUT2D eigenvalue weighted by molar-refractivity contribution is 1.48. The minimum atomic E-state index is 0.782. The third-order valence-corrected chi connectivity index (χ3v) is 2.65. The van der Waals surface area contributed by atoms with Gasteiger partial charge < -0.3 is 0 Å². The molecule has 60 valence electrons. The zero-order chi connectivity index (χ0) is 8.39. The topological polar surface area (TPSA) is 12.9 Å². The molecule has 1 heterocycles. The van der Waals surface area contributed by atoms with Gasteiger partial charge in [0.25, 0.3) is 0 Å². The van der Waals surface area contributed by atoms with E-state index in [0.717, 1.165) is 14.1 Å². The van der Waals surface area contributed by atoms with Gasteiger partial charge in [0.05, 0.1) is 11.0 Å². The van der Waals surface area contributed by atoms with Crippen molar-refractivity contribution in [3.63, 3.8) is 0 Å². The number of fused-ring (bicyclic) bond motifs is 1. The minimum Gasteiger partial charge on any atom is -0.248 e. The van der Waals surface area contributed by atoms with Crippen molar-refractivity contribution in [1.82, 2.24) is 4.98 Å². The van der Waals surface area contributed by atoms with Crippen LogP contribution in [0.15, 0.2) is 36.4 Å². The monoisotopic (exact) mass is 175 g/mol. The molecule has 0 fully saturated rings. The average molecular weight is 175 g/mol. The van der Waals surface area contributed by atoms with Gasteiger partial charge in [-0.3, -0.25) is 0 Å². The number of aromatic nitrogens is 1. The van der Waals surface area contributed by atoms with Gasteiger partial charge in [0.2, 0.25) is 0 Å².